The van der Waals surface area contributed by atoms with Crippen LogP contribution in [0.15, 0.2) is 24.3 Å². The number of carbonyl (C=O) groups excluding carboxylic acids is 1. The van der Waals surface area contributed by atoms with Crippen LogP contribution in [0, 0.1) is 11.8 Å². The quantitative estimate of drug-likeness (QED) is 0.893. The van der Waals surface area contributed by atoms with Crippen LogP contribution in [-0.2, 0) is 16.6 Å². The molecule has 0 aliphatic heterocycles. The standard InChI is InChI=1S/C18H25NO2/c1-12(11-20)13(2)19-17(21)16-10-18(16)9-5-7-14-6-3-4-8-15(14)18/h3-4,6,8,12-13,16,20H,5,7,9-11H2,1-2H3,(H,19,21). The number of aliphatic hydroxyl groups is 1. The summed E-state index contributed by atoms with van der Waals surface area (Å²) in [7, 11) is 0. The number of hydrogen-bond donors (Lipinski definition) is 2. The molecule has 1 aromatic rings. The van der Waals surface area contributed by atoms with Gasteiger partial charge in [-0.2, -0.15) is 0 Å². The van der Waals surface area contributed by atoms with Crippen molar-refractivity contribution in [3.8, 4) is 0 Å². The molecular weight excluding hydrogens is 262 g/mol. The molecule has 3 nitrogen and oxygen atoms in total. The third-order valence-corrected chi connectivity index (χ3v) is 5.53. The van der Waals surface area contributed by atoms with Crippen LogP contribution in [0.25, 0.3) is 0 Å². The van der Waals surface area contributed by atoms with Crippen molar-refractivity contribution in [1.29, 1.82) is 0 Å². The lowest BCUT2D eigenvalue weighted by molar-refractivity contribution is -0.123. The van der Waals surface area contributed by atoms with E-state index in [1.54, 1.807) is 0 Å². The second-order valence-corrected chi connectivity index (χ2v) is 6.88. The summed E-state index contributed by atoms with van der Waals surface area (Å²) in [6.07, 6.45) is 4.44. The summed E-state index contributed by atoms with van der Waals surface area (Å²) in [5, 5.41) is 12.3. The Hall–Kier alpha value is -1.35. The maximum atomic E-state index is 12.5. The second-order valence-electron chi connectivity index (χ2n) is 6.88. The first-order valence-corrected chi connectivity index (χ1v) is 8.08. The van der Waals surface area contributed by atoms with Gasteiger partial charge < -0.3 is 10.4 Å². The molecule has 2 N–H and O–H groups in total. The minimum absolute atomic E-state index is 0.0268. The van der Waals surface area contributed by atoms with E-state index in [0.29, 0.717) is 0 Å². The van der Waals surface area contributed by atoms with Crippen LogP contribution >= 0.6 is 0 Å². The van der Waals surface area contributed by atoms with Gasteiger partial charge in [0.2, 0.25) is 5.91 Å². The van der Waals surface area contributed by atoms with Crippen LogP contribution in [0.2, 0.25) is 0 Å². The molecule has 114 valence electrons. The van der Waals surface area contributed by atoms with Crippen molar-refractivity contribution in [1.82, 2.24) is 5.32 Å². The van der Waals surface area contributed by atoms with E-state index in [0.717, 1.165) is 19.3 Å². The van der Waals surface area contributed by atoms with Gasteiger partial charge in [-0.15, -0.1) is 0 Å². The van der Waals surface area contributed by atoms with Gasteiger partial charge in [-0.25, -0.2) is 0 Å². The lowest BCUT2D eigenvalue weighted by Gasteiger charge is -2.27. The smallest absolute Gasteiger partial charge is 0.224 e. The molecule has 1 aromatic carbocycles. The van der Waals surface area contributed by atoms with Gasteiger partial charge in [0.25, 0.3) is 0 Å². The molecule has 3 heteroatoms. The predicted octanol–water partition coefficient (Wildman–Crippen LogP) is 2.41. The van der Waals surface area contributed by atoms with E-state index in [4.69, 9.17) is 0 Å². The van der Waals surface area contributed by atoms with Crippen LogP contribution in [-0.4, -0.2) is 23.7 Å². The third kappa shape index (κ3) is 2.48. The Labute approximate surface area is 126 Å². The maximum absolute atomic E-state index is 12.5. The van der Waals surface area contributed by atoms with Gasteiger partial charge in [-0.1, -0.05) is 31.2 Å². The molecule has 0 aromatic heterocycles. The van der Waals surface area contributed by atoms with Crippen LogP contribution in [0.5, 0.6) is 0 Å². The first-order chi connectivity index (χ1) is 10.1. The van der Waals surface area contributed by atoms with Crippen molar-refractivity contribution in [2.75, 3.05) is 6.61 Å². The summed E-state index contributed by atoms with van der Waals surface area (Å²) in [5.41, 5.74) is 2.93. The second kappa shape index (κ2) is 5.45. The number of carbonyl (C=O) groups is 1. The van der Waals surface area contributed by atoms with Gasteiger partial charge in [-0.3, -0.25) is 4.79 Å². The molecule has 21 heavy (non-hydrogen) atoms. The Morgan fingerprint density at radius 1 is 1.43 bits per heavy atom. The zero-order valence-corrected chi connectivity index (χ0v) is 12.9. The van der Waals surface area contributed by atoms with Crippen LogP contribution in [0.1, 0.15) is 44.2 Å². The zero-order valence-electron chi connectivity index (χ0n) is 12.9. The van der Waals surface area contributed by atoms with Crippen molar-refractivity contribution >= 4 is 5.91 Å². The molecule has 2 aliphatic carbocycles. The third-order valence-electron chi connectivity index (χ3n) is 5.53. The van der Waals surface area contributed by atoms with E-state index >= 15 is 0 Å². The monoisotopic (exact) mass is 287 g/mol. The average molecular weight is 287 g/mol. The summed E-state index contributed by atoms with van der Waals surface area (Å²) in [6.45, 7) is 4.05. The predicted molar refractivity (Wildman–Crippen MR) is 83.0 cm³/mol. The summed E-state index contributed by atoms with van der Waals surface area (Å²) in [4.78, 5) is 12.5. The molecule has 0 saturated heterocycles. The number of fused-ring (bicyclic) bond motifs is 2. The summed E-state index contributed by atoms with van der Waals surface area (Å²) >= 11 is 0. The topological polar surface area (TPSA) is 49.3 Å². The van der Waals surface area contributed by atoms with E-state index in [9.17, 15) is 9.90 Å². The number of nitrogens with one attached hydrogen (secondary N) is 1. The molecule has 2 aliphatic rings. The van der Waals surface area contributed by atoms with Gasteiger partial charge >= 0.3 is 0 Å². The fourth-order valence-corrected chi connectivity index (χ4v) is 3.80. The molecule has 0 radical (unpaired) electrons. The fourth-order valence-electron chi connectivity index (χ4n) is 3.80. The number of benzene rings is 1. The molecule has 4 unspecified atom stereocenters. The Morgan fingerprint density at radius 2 is 2.19 bits per heavy atom. The number of hydrogen-bond acceptors (Lipinski definition) is 2. The van der Waals surface area contributed by atoms with Crippen molar-refractivity contribution in [2.45, 2.75) is 51.0 Å². The zero-order chi connectivity index (χ0) is 15.0. The maximum Gasteiger partial charge on any atom is 0.224 e. The highest BCUT2D eigenvalue weighted by Crippen LogP contribution is 2.60. The molecule has 1 fully saturated rings. The largest absolute Gasteiger partial charge is 0.396 e. The van der Waals surface area contributed by atoms with Gasteiger partial charge in [0, 0.05) is 24.0 Å². The van der Waals surface area contributed by atoms with Crippen molar-refractivity contribution in [3.63, 3.8) is 0 Å². The lowest BCUT2D eigenvalue weighted by Crippen LogP contribution is -2.40. The van der Waals surface area contributed by atoms with E-state index in [2.05, 4.69) is 29.6 Å². The van der Waals surface area contributed by atoms with Crippen LogP contribution in [0.3, 0.4) is 0 Å². The normalized spacial score (nSPS) is 29.6. The molecule has 4 atom stereocenters. The molecular formula is C18H25NO2. The number of amides is 1. The average Bonchev–Trinajstić information content (AvgIpc) is 3.22. The number of aliphatic hydroxyl groups excluding tert-OH is 1. The number of rotatable bonds is 4. The Kier molecular flexibility index (Phi) is 3.78. The lowest BCUT2D eigenvalue weighted by atomic mass is 9.78. The highest BCUT2D eigenvalue weighted by Gasteiger charge is 2.60. The van der Waals surface area contributed by atoms with E-state index in [1.165, 1.54) is 17.5 Å². The van der Waals surface area contributed by atoms with E-state index in [-0.39, 0.29) is 35.8 Å². The minimum Gasteiger partial charge on any atom is -0.396 e. The Balaban J connectivity index is 1.73. The van der Waals surface area contributed by atoms with Gasteiger partial charge in [0.1, 0.15) is 0 Å². The molecule has 1 amide bonds. The Bertz CT molecular complexity index is 542. The molecule has 1 saturated carbocycles. The van der Waals surface area contributed by atoms with E-state index in [1.807, 2.05) is 13.8 Å². The highest BCUT2D eigenvalue weighted by molar-refractivity contribution is 5.85. The molecule has 0 bridgehead atoms. The molecule has 1 spiro atoms. The highest BCUT2D eigenvalue weighted by atomic mass is 16.3. The first-order valence-electron chi connectivity index (χ1n) is 8.08. The van der Waals surface area contributed by atoms with Crippen LogP contribution < -0.4 is 5.32 Å². The summed E-state index contributed by atoms with van der Waals surface area (Å²) in [6, 6.07) is 8.64. The molecule has 0 heterocycles. The van der Waals surface area contributed by atoms with Crippen molar-refractivity contribution in [2.24, 2.45) is 11.8 Å². The Morgan fingerprint density at radius 3 is 2.95 bits per heavy atom. The van der Waals surface area contributed by atoms with Gasteiger partial charge in [-0.05, 0) is 49.7 Å². The van der Waals surface area contributed by atoms with Crippen molar-refractivity contribution in [3.05, 3.63) is 35.4 Å². The SMILES string of the molecule is CC(CO)C(C)NC(=O)C1CC12CCCc1ccccc12. The van der Waals surface area contributed by atoms with Crippen molar-refractivity contribution < 1.29 is 9.90 Å². The molecule has 3 rings (SSSR count). The van der Waals surface area contributed by atoms with Gasteiger partial charge in [0.05, 0.1) is 0 Å². The fraction of sp³-hybridized carbons (Fsp3) is 0.611. The summed E-state index contributed by atoms with van der Waals surface area (Å²) < 4.78 is 0. The number of aryl methyl sites for hydroxylation is 1. The first kappa shape index (κ1) is 14.6. The van der Waals surface area contributed by atoms with Gasteiger partial charge in [0.15, 0.2) is 0 Å². The minimum atomic E-state index is 0.0268. The summed E-state index contributed by atoms with van der Waals surface area (Å²) in [5.74, 6) is 0.383. The van der Waals surface area contributed by atoms with Crippen LogP contribution in [0.4, 0.5) is 0 Å². The van der Waals surface area contributed by atoms with E-state index < -0.39 is 0 Å².